The fraction of sp³-hybridized carbons (Fsp3) is 0.214. The smallest absolute Gasteiger partial charge is 0.156 e. The zero-order valence-electron chi connectivity index (χ0n) is 9.08. The van der Waals surface area contributed by atoms with Crippen LogP contribution < -0.4 is 0 Å². The van der Waals surface area contributed by atoms with Crippen molar-refractivity contribution in [3.05, 3.63) is 53.1 Å². The van der Waals surface area contributed by atoms with Crippen LogP contribution in [0.2, 0.25) is 0 Å². The topological polar surface area (TPSA) is 17.1 Å². The van der Waals surface area contributed by atoms with E-state index >= 15 is 0 Å². The summed E-state index contributed by atoms with van der Waals surface area (Å²) in [5.74, 6) is 0.181. The number of rotatable bonds is 2. The molecule has 0 N–H and O–H groups in total. The van der Waals surface area contributed by atoms with Crippen LogP contribution in [0, 0.1) is 0 Å². The van der Waals surface area contributed by atoms with Gasteiger partial charge in [0, 0.05) is 6.42 Å². The zero-order valence-corrected chi connectivity index (χ0v) is 9.08. The number of hydrogen-bond acceptors (Lipinski definition) is 1. The van der Waals surface area contributed by atoms with Crippen LogP contribution in [-0.2, 0) is 4.79 Å². The molecule has 76 valence electrons. The first-order valence-corrected chi connectivity index (χ1v) is 5.15. The van der Waals surface area contributed by atoms with E-state index in [9.17, 15) is 4.79 Å². The molecular formula is C14H14O. The number of benzene rings is 1. The summed E-state index contributed by atoms with van der Waals surface area (Å²) in [4.78, 5) is 11.3. The van der Waals surface area contributed by atoms with Crippen LogP contribution in [-0.4, -0.2) is 5.78 Å². The lowest BCUT2D eigenvalue weighted by Gasteiger charge is -2.04. The van der Waals surface area contributed by atoms with E-state index in [1.807, 2.05) is 24.3 Å². The van der Waals surface area contributed by atoms with Gasteiger partial charge in [-0.1, -0.05) is 36.4 Å². The Morgan fingerprint density at radius 1 is 1.20 bits per heavy atom. The summed E-state index contributed by atoms with van der Waals surface area (Å²) in [5, 5.41) is 0. The number of ketones is 1. The first-order valence-electron chi connectivity index (χ1n) is 5.15. The van der Waals surface area contributed by atoms with E-state index in [2.05, 4.69) is 19.1 Å². The van der Waals surface area contributed by atoms with E-state index in [-0.39, 0.29) is 5.78 Å². The zero-order chi connectivity index (χ0) is 10.8. The third-order valence-electron chi connectivity index (χ3n) is 2.81. The number of Topliss-reactive ketones (excluding diaryl/α,β-unsaturated/α-hetero) is 1. The minimum atomic E-state index is 0.181. The van der Waals surface area contributed by atoms with Crippen molar-refractivity contribution in [3.63, 3.8) is 0 Å². The van der Waals surface area contributed by atoms with E-state index in [1.165, 1.54) is 16.7 Å². The number of hydrogen-bond donors (Lipinski definition) is 0. The summed E-state index contributed by atoms with van der Waals surface area (Å²) >= 11 is 0. The maximum Gasteiger partial charge on any atom is 0.156 e. The van der Waals surface area contributed by atoms with Crippen molar-refractivity contribution in [2.75, 3.05) is 0 Å². The second kappa shape index (κ2) is 3.85. The molecular weight excluding hydrogens is 184 g/mol. The standard InChI is InChI=1S/C14H14O/c1-10-8-13(11(2)15)9-14(10)12-6-4-3-5-7-12/h3-8H,9H2,1-2H3. The summed E-state index contributed by atoms with van der Waals surface area (Å²) in [6.45, 7) is 3.70. The average Bonchev–Trinajstić information content (AvgIpc) is 2.62. The van der Waals surface area contributed by atoms with Gasteiger partial charge in [0.25, 0.3) is 0 Å². The normalized spacial score (nSPS) is 15.5. The molecule has 0 heterocycles. The van der Waals surface area contributed by atoms with Gasteiger partial charge in [-0.2, -0.15) is 0 Å². The summed E-state index contributed by atoms with van der Waals surface area (Å²) in [7, 11) is 0. The van der Waals surface area contributed by atoms with Crippen molar-refractivity contribution in [3.8, 4) is 0 Å². The fourth-order valence-electron chi connectivity index (χ4n) is 1.92. The molecule has 0 unspecified atom stereocenters. The molecule has 0 aromatic heterocycles. The van der Waals surface area contributed by atoms with Gasteiger partial charge in [0.05, 0.1) is 0 Å². The molecule has 1 nitrogen and oxygen atoms in total. The summed E-state index contributed by atoms with van der Waals surface area (Å²) in [6.07, 6.45) is 2.79. The highest BCUT2D eigenvalue weighted by molar-refractivity contribution is 5.99. The van der Waals surface area contributed by atoms with Crippen LogP contribution in [0.4, 0.5) is 0 Å². The number of carbonyl (C=O) groups excluding carboxylic acids is 1. The van der Waals surface area contributed by atoms with Crippen LogP contribution in [0.15, 0.2) is 47.6 Å². The van der Waals surface area contributed by atoms with Gasteiger partial charge in [-0.3, -0.25) is 4.79 Å². The van der Waals surface area contributed by atoms with Gasteiger partial charge in [0.1, 0.15) is 0 Å². The number of allylic oxidation sites excluding steroid dienone is 4. The lowest BCUT2D eigenvalue weighted by atomic mass is 10.00. The van der Waals surface area contributed by atoms with Crippen LogP contribution in [0.3, 0.4) is 0 Å². The van der Waals surface area contributed by atoms with Gasteiger partial charge in [0.2, 0.25) is 0 Å². The lowest BCUT2D eigenvalue weighted by Crippen LogP contribution is -1.93. The molecule has 1 aliphatic rings. The van der Waals surface area contributed by atoms with Crippen molar-refractivity contribution >= 4 is 11.4 Å². The molecule has 1 aromatic rings. The molecule has 0 spiro atoms. The Labute approximate surface area is 90.1 Å². The van der Waals surface area contributed by atoms with Crippen molar-refractivity contribution in [2.24, 2.45) is 0 Å². The van der Waals surface area contributed by atoms with E-state index in [0.29, 0.717) is 0 Å². The fourth-order valence-corrected chi connectivity index (χ4v) is 1.92. The largest absolute Gasteiger partial charge is 0.295 e. The Bertz CT molecular complexity index is 449. The summed E-state index contributed by atoms with van der Waals surface area (Å²) in [5.41, 5.74) is 4.64. The van der Waals surface area contributed by atoms with E-state index < -0.39 is 0 Å². The van der Waals surface area contributed by atoms with Gasteiger partial charge < -0.3 is 0 Å². The Hall–Kier alpha value is -1.63. The van der Waals surface area contributed by atoms with Crippen molar-refractivity contribution in [2.45, 2.75) is 20.3 Å². The van der Waals surface area contributed by atoms with Gasteiger partial charge >= 0.3 is 0 Å². The van der Waals surface area contributed by atoms with E-state index in [0.717, 1.165) is 12.0 Å². The monoisotopic (exact) mass is 198 g/mol. The Morgan fingerprint density at radius 2 is 1.87 bits per heavy atom. The minimum Gasteiger partial charge on any atom is -0.295 e. The molecule has 0 fully saturated rings. The van der Waals surface area contributed by atoms with Gasteiger partial charge in [-0.15, -0.1) is 0 Å². The highest BCUT2D eigenvalue weighted by Gasteiger charge is 2.16. The molecule has 0 radical (unpaired) electrons. The van der Waals surface area contributed by atoms with E-state index in [4.69, 9.17) is 0 Å². The summed E-state index contributed by atoms with van der Waals surface area (Å²) in [6, 6.07) is 10.3. The average molecular weight is 198 g/mol. The third-order valence-corrected chi connectivity index (χ3v) is 2.81. The molecule has 0 aliphatic heterocycles. The highest BCUT2D eigenvalue weighted by Crippen LogP contribution is 2.33. The molecule has 0 saturated carbocycles. The molecule has 15 heavy (non-hydrogen) atoms. The number of carbonyl (C=O) groups is 1. The van der Waals surface area contributed by atoms with Crippen LogP contribution in [0.5, 0.6) is 0 Å². The van der Waals surface area contributed by atoms with Gasteiger partial charge in [0.15, 0.2) is 5.78 Å². The molecule has 0 saturated heterocycles. The molecule has 1 aliphatic carbocycles. The van der Waals surface area contributed by atoms with Gasteiger partial charge in [-0.25, -0.2) is 0 Å². The van der Waals surface area contributed by atoms with Crippen LogP contribution >= 0.6 is 0 Å². The minimum absolute atomic E-state index is 0.181. The Balaban J connectivity index is 2.30. The maximum atomic E-state index is 11.3. The van der Waals surface area contributed by atoms with E-state index in [1.54, 1.807) is 6.92 Å². The van der Waals surface area contributed by atoms with Crippen LogP contribution in [0.1, 0.15) is 25.8 Å². The Kier molecular flexibility index (Phi) is 2.55. The highest BCUT2D eigenvalue weighted by atomic mass is 16.1. The van der Waals surface area contributed by atoms with Crippen molar-refractivity contribution in [1.82, 2.24) is 0 Å². The van der Waals surface area contributed by atoms with Crippen molar-refractivity contribution < 1.29 is 4.79 Å². The van der Waals surface area contributed by atoms with Gasteiger partial charge in [-0.05, 0) is 36.1 Å². The Morgan fingerprint density at radius 3 is 2.40 bits per heavy atom. The molecule has 0 amide bonds. The first kappa shape index (κ1) is 9.91. The summed E-state index contributed by atoms with van der Waals surface area (Å²) < 4.78 is 0. The van der Waals surface area contributed by atoms with Crippen molar-refractivity contribution in [1.29, 1.82) is 0 Å². The lowest BCUT2D eigenvalue weighted by molar-refractivity contribution is -0.113. The molecule has 1 heteroatoms. The van der Waals surface area contributed by atoms with Crippen LogP contribution in [0.25, 0.3) is 5.57 Å². The quantitative estimate of drug-likeness (QED) is 0.712. The predicted octanol–water partition coefficient (Wildman–Crippen LogP) is 3.38. The first-order chi connectivity index (χ1) is 7.18. The SMILES string of the molecule is CC(=O)C1=CC(C)=C(c2ccccc2)C1. The maximum absolute atomic E-state index is 11.3. The second-order valence-corrected chi connectivity index (χ2v) is 3.93. The second-order valence-electron chi connectivity index (χ2n) is 3.93. The molecule has 0 bridgehead atoms. The predicted molar refractivity (Wildman–Crippen MR) is 62.4 cm³/mol. The third kappa shape index (κ3) is 1.91. The molecule has 2 rings (SSSR count). The molecule has 1 aromatic carbocycles. The molecule has 0 atom stereocenters.